The van der Waals surface area contributed by atoms with Crippen molar-refractivity contribution < 1.29 is 23.8 Å². The van der Waals surface area contributed by atoms with Crippen LogP contribution in [0.15, 0.2) is 23.6 Å². The van der Waals surface area contributed by atoms with Gasteiger partial charge in [-0.25, -0.2) is 4.98 Å². The number of nitrogens with zero attached hydrogens (tertiary/aromatic N) is 4. The number of ether oxygens (including phenoxy) is 3. The molecular weight excluding hydrogens is 454 g/mol. The van der Waals surface area contributed by atoms with Gasteiger partial charge in [0.05, 0.1) is 23.0 Å². The van der Waals surface area contributed by atoms with E-state index in [-0.39, 0.29) is 25.0 Å². The molecule has 32 heavy (non-hydrogen) atoms. The Morgan fingerprint density at radius 3 is 2.94 bits per heavy atom. The normalized spacial score (nSPS) is 13.1. The lowest BCUT2D eigenvalue weighted by Gasteiger charge is -2.29. The van der Waals surface area contributed by atoms with E-state index in [0.717, 1.165) is 22.7 Å². The zero-order chi connectivity index (χ0) is 22.5. The van der Waals surface area contributed by atoms with Gasteiger partial charge in [0.25, 0.3) is 5.91 Å². The fourth-order valence-corrected chi connectivity index (χ4v) is 4.59. The summed E-state index contributed by atoms with van der Waals surface area (Å²) in [6, 6.07) is 5.50. The Bertz CT molecular complexity index is 1120. The number of nitrogens with one attached hydrogen (secondary N) is 1. The molecule has 168 valence electrons. The highest BCUT2D eigenvalue weighted by Crippen LogP contribution is 2.36. The molecule has 1 aromatic carbocycles. The molecule has 10 nitrogen and oxygen atoms in total. The van der Waals surface area contributed by atoms with Crippen LogP contribution in [0.2, 0.25) is 0 Å². The van der Waals surface area contributed by atoms with E-state index in [4.69, 9.17) is 14.2 Å². The van der Waals surface area contributed by atoms with Crippen molar-refractivity contribution in [1.82, 2.24) is 15.2 Å². The molecule has 1 aliphatic heterocycles. The van der Waals surface area contributed by atoms with Crippen LogP contribution in [0.5, 0.6) is 5.75 Å². The van der Waals surface area contributed by atoms with E-state index >= 15 is 0 Å². The summed E-state index contributed by atoms with van der Waals surface area (Å²) in [6.07, 6.45) is 0.734. The molecule has 0 saturated heterocycles. The van der Waals surface area contributed by atoms with Crippen LogP contribution in [0, 0.1) is 0 Å². The van der Waals surface area contributed by atoms with E-state index in [1.165, 1.54) is 16.2 Å². The number of anilines is 2. The standard InChI is InChI=1S/C20H21N5O5S2/c1-28-6-5-17-21-13(11-31-17)12-3-4-15-14(7-12)25(19(27)10-30-15)8-16(26)22-20-24-23-18(32-20)9-29-2/h3-4,7,11H,5-6,8-10H2,1-2H3,(H,22,24,26). The van der Waals surface area contributed by atoms with Gasteiger partial charge in [-0.3, -0.25) is 19.8 Å². The fraction of sp³-hybridized carbons (Fsp3) is 0.350. The van der Waals surface area contributed by atoms with E-state index in [1.807, 2.05) is 17.5 Å². The first-order valence-corrected chi connectivity index (χ1v) is 11.4. The summed E-state index contributed by atoms with van der Waals surface area (Å²) in [4.78, 5) is 31.2. The highest BCUT2D eigenvalue weighted by atomic mass is 32.1. The molecule has 1 aliphatic rings. The van der Waals surface area contributed by atoms with Crippen molar-refractivity contribution in [2.24, 2.45) is 0 Å². The second-order valence-electron chi connectivity index (χ2n) is 6.80. The summed E-state index contributed by atoms with van der Waals surface area (Å²) in [5.41, 5.74) is 2.16. The zero-order valence-corrected chi connectivity index (χ0v) is 19.1. The number of fused-ring (bicyclic) bond motifs is 1. The quantitative estimate of drug-likeness (QED) is 0.501. The molecule has 3 heterocycles. The number of hydrogen-bond donors (Lipinski definition) is 1. The van der Waals surface area contributed by atoms with Crippen molar-refractivity contribution in [3.63, 3.8) is 0 Å². The number of carbonyl (C=O) groups is 2. The lowest BCUT2D eigenvalue weighted by molar-refractivity contribution is -0.123. The molecule has 12 heteroatoms. The Hall–Kier alpha value is -2.93. The van der Waals surface area contributed by atoms with Crippen LogP contribution >= 0.6 is 22.7 Å². The predicted molar refractivity (Wildman–Crippen MR) is 120 cm³/mol. The van der Waals surface area contributed by atoms with Gasteiger partial charge in [0.15, 0.2) is 6.61 Å². The van der Waals surface area contributed by atoms with Gasteiger partial charge in [-0.05, 0) is 18.2 Å². The van der Waals surface area contributed by atoms with Gasteiger partial charge < -0.3 is 14.2 Å². The van der Waals surface area contributed by atoms with Gasteiger partial charge >= 0.3 is 0 Å². The van der Waals surface area contributed by atoms with E-state index < -0.39 is 0 Å². The molecule has 1 N–H and O–H groups in total. The first-order valence-electron chi connectivity index (χ1n) is 9.69. The Kier molecular flexibility index (Phi) is 7.05. The summed E-state index contributed by atoms with van der Waals surface area (Å²) in [5, 5.41) is 14.5. The number of hydrogen-bond acceptors (Lipinski definition) is 10. The number of methoxy groups -OCH3 is 2. The number of amides is 2. The Balaban J connectivity index is 1.51. The third kappa shape index (κ3) is 5.10. The first-order chi connectivity index (χ1) is 15.6. The van der Waals surface area contributed by atoms with Crippen LogP contribution in [-0.4, -0.2) is 61.0 Å². The van der Waals surface area contributed by atoms with Gasteiger partial charge in [0.1, 0.15) is 23.9 Å². The summed E-state index contributed by atoms with van der Waals surface area (Å²) in [5.74, 6) is -0.150. The smallest absolute Gasteiger partial charge is 0.265 e. The molecule has 4 rings (SSSR count). The Morgan fingerprint density at radius 1 is 1.25 bits per heavy atom. The number of rotatable bonds is 9. The van der Waals surface area contributed by atoms with Gasteiger partial charge in [-0.1, -0.05) is 11.3 Å². The molecule has 2 amide bonds. The van der Waals surface area contributed by atoms with Crippen LogP contribution in [0.4, 0.5) is 10.8 Å². The van der Waals surface area contributed by atoms with Crippen molar-refractivity contribution >= 4 is 45.3 Å². The maximum Gasteiger partial charge on any atom is 0.265 e. The SMILES string of the molecule is COCCc1nc(-c2ccc3c(c2)N(CC(=O)Nc2nnc(COC)s2)C(=O)CO3)cs1. The lowest BCUT2D eigenvalue weighted by atomic mass is 10.1. The highest BCUT2D eigenvalue weighted by Gasteiger charge is 2.28. The molecule has 0 aliphatic carbocycles. The van der Waals surface area contributed by atoms with E-state index in [2.05, 4.69) is 20.5 Å². The van der Waals surface area contributed by atoms with E-state index in [0.29, 0.717) is 34.8 Å². The minimum absolute atomic E-state index is 0.131. The van der Waals surface area contributed by atoms with Crippen LogP contribution < -0.4 is 15.0 Å². The molecule has 0 bridgehead atoms. The Morgan fingerprint density at radius 2 is 2.12 bits per heavy atom. The summed E-state index contributed by atoms with van der Waals surface area (Å²) in [7, 11) is 3.21. The van der Waals surface area contributed by atoms with Gasteiger partial charge in [0.2, 0.25) is 11.0 Å². The second-order valence-corrected chi connectivity index (χ2v) is 8.81. The van der Waals surface area contributed by atoms with Crippen molar-refractivity contribution in [2.45, 2.75) is 13.0 Å². The summed E-state index contributed by atoms with van der Waals surface area (Å²) >= 11 is 2.77. The van der Waals surface area contributed by atoms with E-state index in [1.54, 1.807) is 31.6 Å². The number of carbonyl (C=O) groups excluding carboxylic acids is 2. The third-order valence-corrected chi connectivity index (χ3v) is 6.27. The average molecular weight is 476 g/mol. The third-order valence-electron chi connectivity index (χ3n) is 4.55. The highest BCUT2D eigenvalue weighted by molar-refractivity contribution is 7.15. The summed E-state index contributed by atoms with van der Waals surface area (Å²) < 4.78 is 15.7. The topological polar surface area (TPSA) is 116 Å². The van der Waals surface area contributed by atoms with Gasteiger partial charge in [-0.15, -0.1) is 21.5 Å². The molecule has 0 radical (unpaired) electrons. The van der Waals surface area contributed by atoms with Crippen molar-refractivity contribution in [3.8, 4) is 17.0 Å². The molecule has 0 unspecified atom stereocenters. The predicted octanol–water partition coefficient (Wildman–Crippen LogP) is 2.36. The van der Waals surface area contributed by atoms with Crippen molar-refractivity contribution in [1.29, 1.82) is 0 Å². The molecule has 0 fully saturated rings. The molecule has 0 spiro atoms. The maximum atomic E-state index is 12.6. The fourth-order valence-electron chi connectivity index (χ4n) is 3.07. The summed E-state index contributed by atoms with van der Waals surface area (Å²) in [6.45, 7) is 0.613. The first kappa shape index (κ1) is 22.3. The molecule has 0 saturated carbocycles. The van der Waals surface area contributed by atoms with Crippen molar-refractivity contribution in [3.05, 3.63) is 33.6 Å². The van der Waals surface area contributed by atoms with Crippen LogP contribution in [-0.2, 0) is 32.1 Å². The number of thiazole rings is 1. The minimum atomic E-state index is -0.382. The van der Waals surface area contributed by atoms with Crippen LogP contribution in [0.1, 0.15) is 10.0 Å². The molecule has 3 aromatic rings. The largest absolute Gasteiger partial charge is 0.482 e. The monoisotopic (exact) mass is 475 g/mol. The van der Waals surface area contributed by atoms with Crippen molar-refractivity contribution in [2.75, 3.05) is 44.2 Å². The molecule has 2 aromatic heterocycles. The van der Waals surface area contributed by atoms with Crippen LogP contribution in [0.3, 0.4) is 0 Å². The average Bonchev–Trinajstić information content (AvgIpc) is 3.44. The molecular formula is C20H21N5O5S2. The van der Waals surface area contributed by atoms with E-state index in [9.17, 15) is 9.59 Å². The van der Waals surface area contributed by atoms with Gasteiger partial charge in [-0.2, -0.15) is 0 Å². The van der Waals surface area contributed by atoms with Gasteiger partial charge in [0, 0.05) is 31.6 Å². The lowest BCUT2D eigenvalue weighted by Crippen LogP contribution is -2.43. The second kappa shape index (κ2) is 10.1. The minimum Gasteiger partial charge on any atom is -0.482 e. The molecule has 0 atom stereocenters. The van der Waals surface area contributed by atoms with Crippen LogP contribution in [0.25, 0.3) is 11.3 Å². The number of aromatic nitrogens is 3. The Labute approximate surface area is 192 Å². The number of benzene rings is 1. The maximum absolute atomic E-state index is 12.6. The zero-order valence-electron chi connectivity index (χ0n) is 17.5.